The summed E-state index contributed by atoms with van der Waals surface area (Å²) in [5.41, 5.74) is 0. The lowest BCUT2D eigenvalue weighted by molar-refractivity contribution is 0.0669. The van der Waals surface area contributed by atoms with E-state index in [0.29, 0.717) is 30.5 Å². The van der Waals surface area contributed by atoms with Gasteiger partial charge < -0.3 is 14.4 Å². The first-order chi connectivity index (χ1) is 12.3. The van der Waals surface area contributed by atoms with Crippen LogP contribution in [0.4, 0.5) is 0 Å². The maximum Gasteiger partial charge on any atom is 0.181 e. The third kappa shape index (κ3) is 4.62. The molecule has 2 aromatic rings. The van der Waals surface area contributed by atoms with Crippen molar-refractivity contribution >= 4 is 33.0 Å². The van der Waals surface area contributed by atoms with Crippen molar-refractivity contribution in [2.45, 2.75) is 11.0 Å². The Morgan fingerprint density at radius 3 is 2.65 bits per heavy atom. The van der Waals surface area contributed by atoms with Crippen LogP contribution in [0, 0.1) is 0 Å². The molecule has 0 aliphatic carbocycles. The van der Waals surface area contributed by atoms with Gasteiger partial charge in [-0.25, -0.2) is 8.42 Å². The molecule has 0 unspecified atom stereocenters. The van der Waals surface area contributed by atoms with E-state index in [-0.39, 0.29) is 21.8 Å². The van der Waals surface area contributed by atoms with E-state index in [9.17, 15) is 8.42 Å². The maximum absolute atomic E-state index is 12.5. The zero-order valence-corrected chi connectivity index (χ0v) is 16.5. The number of hydrogen-bond acceptors (Lipinski definition) is 5. The van der Waals surface area contributed by atoms with Crippen molar-refractivity contribution in [1.29, 1.82) is 0 Å². The zero-order chi connectivity index (χ0) is 18.7. The van der Waals surface area contributed by atoms with Crippen LogP contribution in [0.25, 0.3) is 0 Å². The third-order valence-corrected chi connectivity index (χ3v) is 6.46. The van der Waals surface area contributed by atoms with Crippen LogP contribution in [0.3, 0.4) is 0 Å². The largest absolute Gasteiger partial charge is 0.486 e. The van der Waals surface area contributed by atoms with Crippen LogP contribution < -0.4 is 9.47 Å². The Labute approximate surface area is 163 Å². The van der Waals surface area contributed by atoms with E-state index in [4.69, 9.17) is 32.7 Å². The lowest BCUT2D eigenvalue weighted by Gasteiger charge is -2.29. The van der Waals surface area contributed by atoms with Crippen molar-refractivity contribution in [3.63, 3.8) is 0 Å². The smallest absolute Gasteiger partial charge is 0.181 e. The predicted octanol–water partition coefficient (Wildman–Crippen LogP) is 3.54. The molecule has 8 heteroatoms. The van der Waals surface area contributed by atoms with E-state index in [1.807, 2.05) is 36.2 Å². The number of halogens is 2. The molecule has 1 heterocycles. The Morgan fingerprint density at radius 2 is 1.88 bits per heavy atom. The van der Waals surface area contributed by atoms with Gasteiger partial charge >= 0.3 is 0 Å². The van der Waals surface area contributed by atoms with Crippen LogP contribution in [-0.4, -0.2) is 51.9 Å². The zero-order valence-electron chi connectivity index (χ0n) is 14.2. The number of ether oxygens (including phenoxy) is 2. The number of hydrogen-bond donors (Lipinski definition) is 0. The Bertz CT molecular complexity index is 889. The number of benzene rings is 2. The molecule has 1 atom stereocenters. The number of fused-ring (bicyclic) bond motifs is 1. The molecule has 0 aromatic heterocycles. The van der Waals surface area contributed by atoms with E-state index in [0.717, 1.165) is 5.75 Å². The summed E-state index contributed by atoms with van der Waals surface area (Å²) in [5.74, 6) is 1.37. The molecule has 140 valence electrons. The van der Waals surface area contributed by atoms with Gasteiger partial charge in [0.2, 0.25) is 0 Å². The van der Waals surface area contributed by atoms with Crippen molar-refractivity contribution in [2.24, 2.45) is 0 Å². The quantitative estimate of drug-likeness (QED) is 0.721. The predicted molar refractivity (Wildman–Crippen MR) is 102 cm³/mol. The topological polar surface area (TPSA) is 55.8 Å². The maximum atomic E-state index is 12.5. The van der Waals surface area contributed by atoms with Crippen molar-refractivity contribution in [1.82, 2.24) is 4.90 Å². The molecule has 0 fully saturated rings. The summed E-state index contributed by atoms with van der Waals surface area (Å²) in [6, 6.07) is 11.9. The molecule has 0 N–H and O–H groups in total. The molecule has 1 aliphatic rings. The molecule has 0 saturated carbocycles. The molecule has 0 radical (unpaired) electrons. The molecule has 0 bridgehead atoms. The summed E-state index contributed by atoms with van der Waals surface area (Å²) in [7, 11) is -1.68. The van der Waals surface area contributed by atoms with E-state index >= 15 is 0 Å². The summed E-state index contributed by atoms with van der Waals surface area (Å²) < 4.78 is 36.7. The molecular formula is C18H19Cl2NO4S. The van der Waals surface area contributed by atoms with Crippen LogP contribution >= 0.6 is 23.2 Å². The fourth-order valence-corrected chi connectivity index (χ4v) is 4.84. The highest BCUT2D eigenvalue weighted by Crippen LogP contribution is 2.31. The van der Waals surface area contributed by atoms with E-state index in [2.05, 4.69) is 0 Å². The summed E-state index contributed by atoms with van der Waals surface area (Å²) in [4.78, 5) is 1.96. The minimum atomic E-state index is -3.53. The molecule has 0 amide bonds. The minimum absolute atomic E-state index is 0.0613. The second kappa shape index (κ2) is 8.05. The van der Waals surface area contributed by atoms with Crippen LogP contribution in [0.15, 0.2) is 47.4 Å². The molecule has 0 saturated heterocycles. The molecule has 2 aromatic carbocycles. The van der Waals surface area contributed by atoms with Gasteiger partial charge in [0.1, 0.15) is 12.7 Å². The normalized spacial score (nSPS) is 16.7. The lowest BCUT2D eigenvalue weighted by atomic mass is 10.2. The van der Waals surface area contributed by atoms with Crippen molar-refractivity contribution in [3.8, 4) is 11.5 Å². The van der Waals surface area contributed by atoms with Crippen LogP contribution in [0.1, 0.15) is 0 Å². The molecule has 26 heavy (non-hydrogen) atoms. The Hall–Kier alpha value is -1.47. The van der Waals surface area contributed by atoms with Crippen LogP contribution in [0.5, 0.6) is 11.5 Å². The van der Waals surface area contributed by atoms with Gasteiger partial charge in [-0.2, -0.15) is 0 Å². The first-order valence-electron chi connectivity index (χ1n) is 8.10. The minimum Gasteiger partial charge on any atom is -0.486 e. The van der Waals surface area contributed by atoms with Gasteiger partial charge in [0.15, 0.2) is 21.3 Å². The van der Waals surface area contributed by atoms with E-state index < -0.39 is 9.84 Å². The van der Waals surface area contributed by atoms with Crippen LogP contribution in [-0.2, 0) is 9.84 Å². The molecule has 3 rings (SSSR count). The molecule has 5 nitrogen and oxygen atoms in total. The van der Waals surface area contributed by atoms with E-state index in [1.54, 1.807) is 6.07 Å². The Balaban J connectivity index is 1.57. The summed E-state index contributed by atoms with van der Waals surface area (Å²) in [6.07, 6.45) is -0.160. The highest BCUT2D eigenvalue weighted by atomic mass is 35.5. The van der Waals surface area contributed by atoms with Gasteiger partial charge in [-0.1, -0.05) is 35.3 Å². The van der Waals surface area contributed by atoms with Crippen molar-refractivity contribution < 1.29 is 17.9 Å². The fraction of sp³-hybridized carbons (Fsp3) is 0.333. The average Bonchev–Trinajstić information content (AvgIpc) is 2.62. The summed E-state index contributed by atoms with van der Waals surface area (Å²) >= 11 is 11.9. The lowest BCUT2D eigenvalue weighted by Crippen LogP contribution is -2.40. The number of sulfone groups is 1. The molecular weight excluding hydrogens is 397 g/mol. The van der Waals surface area contributed by atoms with Crippen LogP contribution in [0.2, 0.25) is 10.0 Å². The van der Waals surface area contributed by atoms with Gasteiger partial charge in [-0.3, -0.25) is 0 Å². The van der Waals surface area contributed by atoms with Gasteiger partial charge in [0.05, 0.1) is 15.7 Å². The Kier molecular flexibility index (Phi) is 5.97. The molecule has 0 spiro atoms. The number of likely N-dealkylation sites (N-methyl/N-ethyl adjacent to an activating group) is 1. The SMILES string of the molecule is CN(CCS(=O)(=O)c1cc(Cl)ccc1Cl)C[C@H]1COc2ccccc2O1. The fourth-order valence-electron chi connectivity index (χ4n) is 2.69. The summed E-state index contributed by atoms with van der Waals surface area (Å²) in [6.45, 7) is 1.31. The highest BCUT2D eigenvalue weighted by molar-refractivity contribution is 7.91. The van der Waals surface area contributed by atoms with E-state index in [1.165, 1.54) is 12.1 Å². The third-order valence-electron chi connectivity index (χ3n) is 4.05. The summed E-state index contributed by atoms with van der Waals surface area (Å²) in [5, 5.41) is 0.519. The van der Waals surface area contributed by atoms with Crippen molar-refractivity contribution in [2.75, 3.05) is 32.5 Å². The monoisotopic (exact) mass is 415 g/mol. The number of nitrogens with zero attached hydrogens (tertiary/aromatic N) is 1. The second-order valence-corrected chi connectivity index (χ2v) is 9.07. The average molecular weight is 416 g/mol. The number of para-hydroxylation sites is 2. The van der Waals surface area contributed by atoms with Gasteiger partial charge in [-0.05, 0) is 37.4 Å². The second-order valence-electron chi connectivity index (χ2n) is 6.15. The first kappa shape index (κ1) is 19.3. The first-order valence-corrected chi connectivity index (χ1v) is 10.5. The van der Waals surface area contributed by atoms with Gasteiger partial charge in [0.25, 0.3) is 0 Å². The number of rotatable bonds is 6. The molecule has 1 aliphatic heterocycles. The van der Waals surface area contributed by atoms with Gasteiger partial charge in [0, 0.05) is 18.1 Å². The van der Waals surface area contributed by atoms with Crippen molar-refractivity contribution in [3.05, 3.63) is 52.5 Å². The standard InChI is InChI=1S/C18H19Cl2NO4S/c1-21(11-14-12-24-16-4-2-3-5-17(16)25-14)8-9-26(22,23)18-10-13(19)6-7-15(18)20/h2-7,10,14H,8-9,11-12H2,1H3/t14-/m0/s1. The Morgan fingerprint density at radius 1 is 1.15 bits per heavy atom. The van der Waals surface area contributed by atoms with Gasteiger partial charge in [-0.15, -0.1) is 0 Å². The highest BCUT2D eigenvalue weighted by Gasteiger charge is 2.24.